The number of nitrogens with one attached hydrogen (secondary N) is 3. The molecule has 3 N–H and O–H groups in total. The van der Waals surface area contributed by atoms with E-state index in [1.54, 1.807) is 19.2 Å². The zero-order valence-corrected chi connectivity index (χ0v) is 21.6. The largest absolute Gasteiger partial charge is 0.355 e. The van der Waals surface area contributed by atoms with E-state index in [1.165, 1.54) is 62.2 Å². The third kappa shape index (κ3) is 5.68. The van der Waals surface area contributed by atoms with E-state index in [4.69, 9.17) is 18.2 Å². The van der Waals surface area contributed by atoms with Crippen molar-refractivity contribution in [3.63, 3.8) is 0 Å². The Kier molecular flexibility index (Phi) is 7.54. The molecule has 0 unspecified atom stereocenters. The minimum absolute atomic E-state index is 0.312. The van der Waals surface area contributed by atoms with Crippen molar-refractivity contribution in [2.24, 2.45) is 0 Å². The Balaban J connectivity index is 1.33. The fraction of sp³-hybridized carbons (Fsp3) is 0.357. The van der Waals surface area contributed by atoms with Crippen molar-refractivity contribution in [2.45, 2.75) is 44.6 Å². The molecule has 2 heterocycles. The second kappa shape index (κ2) is 11.2. The number of aromatic nitrogens is 2. The Morgan fingerprint density at radius 1 is 1.08 bits per heavy atom. The van der Waals surface area contributed by atoms with Gasteiger partial charge in [0.2, 0.25) is 5.95 Å². The third-order valence-electron chi connectivity index (χ3n) is 7.21. The predicted octanol–water partition coefficient (Wildman–Crippen LogP) is 5.87. The summed E-state index contributed by atoms with van der Waals surface area (Å²) in [6.07, 6.45) is 8.79. The number of amides is 1. The Hall–Kier alpha value is -3.67. The van der Waals surface area contributed by atoms with Gasteiger partial charge in [0.15, 0.2) is 11.5 Å². The number of hydrogen-bond donors (Lipinski definition) is 3. The van der Waals surface area contributed by atoms with E-state index in [1.807, 2.05) is 0 Å². The number of aryl methyl sites for hydroxylation is 2. The molecule has 5 rings (SSSR count). The summed E-state index contributed by atoms with van der Waals surface area (Å²) in [4.78, 5) is 27.4. The number of fused-ring (bicyclic) bond motifs is 1. The maximum Gasteiger partial charge on any atom is 0.251 e. The molecule has 37 heavy (non-hydrogen) atoms. The van der Waals surface area contributed by atoms with Gasteiger partial charge in [-0.2, -0.15) is 4.98 Å². The number of likely N-dealkylation sites (tertiary alicyclic amines) is 1. The maximum absolute atomic E-state index is 12.4. The van der Waals surface area contributed by atoms with Crippen molar-refractivity contribution in [1.29, 1.82) is 0 Å². The molecular formula is C28H30ClN7O. The average Bonchev–Trinajstić information content (AvgIpc) is 3.38. The van der Waals surface area contributed by atoms with Crippen LogP contribution in [0.4, 0.5) is 28.8 Å². The molecule has 2 aliphatic rings. The van der Waals surface area contributed by atoms with Crippen LogP contribution in [0.3, 0.4) is 0 Å². The lowest BCUT2D eigenvalue weighted by Gasteiger charge is -2.25. The Morgan fingerprint density at radius 3 is 2.62 bits per heavy atom. The van der Waals surface area contributed by atoms with Crippen molar-refractivity contribution in [3.05, 3.63) is 75.7 Å². The summed E-state index contributed by atoms with van der Waals surface area (Å²) in [5, 5.41) is 9.36. The average molecular weight is 516 g/mol. The zero-order chi connectivity index (χ0) is 25.8. The van der Waals surface area contributed by atoms with Gasteiger partial charge in [0.1, 0.15) is 5.02 Å². The monoisotopic (exact) mass is 515 g/mol. The quantitative estimate of drug-likeness (QED) is 0.281. The number of carbonyl (C=O) groups is 1. The van der Waals surface area contributed by atoms with Gasteiger partial charge in [0.25, 0.3) is 5.91 Å². The molecule has 1 aliphatic carbocycles. The first-order chi connectivity index (χ1) is 18.0. The number of anilines is 4. The molecule has 2 aromatic carbocycles. The van der Waals surface area contributed by atoms with E-state index >= 15 is 0 Å². The molecule has 1 aromatic heterocycles. The molecule has 0 radical (unpaired) electrons. The lowest BCUT2D eigenvalue weighted by atomic mass is 10.0. The summed E-state index contributed by atoms with van der Waals surface area (Å²) >= 11 is 6.39. The highest BCUT2D eigenvalue weighted by Gasteiger charge is 2.24. The number of halogens is 1. The molecule has 1 fully saturated rings. The first kappa shape index (κ1) is 25.0. The molecule has 9 heteroatoms. The number of hydrogen-bond acceptors (Lipinski definition) is 6. The molecular weight excluding hydrogens is 486 g/mol. The Morgan fingerprint density at radius 2 is 1.86 bits per heavy atom. The number of benzene rings is 2. The lowest BCUT2D eigenvalue weighted by molar-refractivity contribution is 0.0964. The van der Waals surface area contributed by atoms with Crippen molar-refractivity contribution >= 4 is 46.3 Å². The fourth-order valence-electron chi connectivity index (χ4n) is 5.25. The van der Waals surface area contributed by atoms with Gasteiger partial charge in [-0.15, -0.1) is 0 Å². The molecule has 0 spiro atoms. The standard InChI is InChI=1S/C28H30ClN7O/c1-30-20-9-12-25(23(16-20)27(37)31-2)34-26-24(29)17-32-28(35-26)33-21-8-5-18-6-10-22(11-7-19(18)15-21)36-13-3-4-14-36/h5,8-9,12,15-17,22H,3-4,6-7,10-11,13-14H2,2H3,(H,31,37)(H2,32,33,34,35)/t22-/m0/s1. The minimum atomic E-state index is -0.312. The van der Waals surface area contributed by atoms with Gasteiger partial charge in [-0.3, -0.25) is 4.79 Å². The summed E-state index contributed by atoms with van der Waals surface area (Å²) in [7, 11) is 1.55. The molecule has 3 aromatic rings. The molecule has 190 valence electrons. The summed E-state index contributed by atoms with van der Waals surface area (Å²) in [6, 6.07) is 12.0. The van der Waals surface area contributed by atoms with Crippen LogP contribution in [0.1, 0.15) is 47.2 Å². The predicted molar refractivity (Wildman–Crippen MR) is 147 cm³/mol. The van der Waals surface area contributed by atoms with Crippen LogP contribution in [0.15, 0.2) is 42.6 Å². The minimum Gasteiger partial charge on any atom is -0.355 e. The van der Waals surface area contributed by atoms with E-state index < -0.39 is 0 Å². The van der Waals surface area contributed by atoms with Gasteiger partial charge in [-0.25, -0.2) is 9.83 Å². The van der Waals surface area contributed by atoms with Crippen LogP contribution >= 0.6 is 11.6 Å². The van der Waals surface area contributed by atoms with Gasteiger partial charge in [-0.05, 0) is 87.0 Å². The van der Waals surface area contributed by atoms with Crippen LogP contribution in [-0.4, -0.2) is 47.0 Å². The SMILES string of the molecule is [C-]#[N+]c1ccc(Nc2nc(Nc3ccc4c(c3)CC[C@@H](N3CCCC3)CC4)ncc2Cl)c(C(=O)NC)c1. The van der Waals surface area contributed by atoms with Gasteiger partial charge in [0, 0.05) is 24.5 Å². The van der Waals surface area contributed by atoms with Gasteiger partial charge in [0.05, 0.1) is 18.3 Å². The topological polar surface area (TPSA) is 86.5 Å². The van der Waals surface area contributed by atoms with E-state index in [0.717, 1.165) is 18.5 Å². The van der Waals surface area contributed by atoms with Crippen molar-refractivity contribution in [1.82, 2.24) is 20.2 Å². The Bertz CT molecular complexity index is 1350. The molecule has 1 aliphatic heterocycles. The summed E-state index contributed by atoms with van der Waals surface area (Å²) in [5.74, 6) is 0.450. The van der Waals surface area contributed by atoms with Gasteiger partial charge in [-0.1, -0.05) is 23.7 Å². The van der Waals surface area contributed by atoms with Crippen LogP contribution < -0.4 is 16.0 Å². The second-order valence-electron chi connectivity index (χ2n) is 9.52. The third-order valence-corrected chi connectivity index (χ3v) is 7.49. The molecule has 1 atom stereocenters. The smallest absolute Gasteiger partial charge is 0.251 e. The summed E-state index contributed by atoms with van der Waals surface area (Å²) < 4.78 is 0. The van der Waals surface area contributed by atoms with Crippen LogP contribution in [-0.2, 0) is 12.8 Å². The molecule has 8 nitrogen and oxygen atoms in total. The highest BCUT2D eigenvalue weighted by atomic mass is 35.5. The molecule has 1 saturated heterocycles. The van der Waals surface area contributed by atoms with Crippen LogP contribution in [0.5, 0.6) is 0 Å². The Labute approximate surface area is 222 Å². The van der Waals surface area contributed by atoms with Crippen molar-refractivity contribution in [2.75, 3.05) is 30.8 Å². The first-order valence-electron chi connectivity index (χ1n) is 12.7. The zero-order valence-electron chi connectivity index (χ0n) is 20.9. The summed E-state index contributed by atoms with van der Waals surface area (Å²) in [5.41, 5.74) is 4.94. The normalized spacial score (nSPS) is 17.4. The van der Waals surface area contributed by atoms with E-state index in [-0.39, 0.29) is 5.91 Å². The summed E-state index contributed by atoms with van der Waals surface area (Å²) in [6.45, 7) is 9.72. The van der Waals surface area contributed by atoms with Gasteiger partial charge >= 0.3 is 0 Å². The molecule has 0 saturated carbocycles. The van der Waals surface area contributed by atoms with Crippen LogP contribution in [0.2, 0.25) is 5.02 Å². The number of rotatable bonds is 6. The van der Waals surface area contributed by atoms with E-state index in [0.29, 0.717) is 39.8 Å². The lowest BCUT2D eigenvalue weighted by Crippen LogP contribution is -2.32. The van der Waals surface area contributed by atoms with Gasteiger partial charge < -0.3 is 20.9 Å². The van der Waals surface area contributed by atoms with Crippen molar-refractivity contribution in [3.8, 4) is 0 Å². The number of nitrogens with zero attached hydrogens (tertiary/aromatic N) is 4. The molecule has 0 bridgehead atoms. The maximum atomic E-state index is 12.4. The number of carbonyl (C=O) groups excluding carboxylic acids is 1. The molecule has 1 amide bonds. The van der Waals surface area contributed by atoms with E-state index in [9.17, 15) is 4.79 Å². The van der Waals surface area contributed by atoms with E-state index in [2.05, 4.69) is 53.9 Å². The second-order valence-corrected chi connectivity index (χ2v) is 9.93. The highest BCUT2D eigenvalue weighted by molar-refractivity contribution is 6.33. The first-order valence-corrected chi connectivity index (χ1v) is 13.1. The highest BCUT2D eigenvalue weighted by Crippen LogP contribution is 2.31. The van der Waals surface area contributed by atoms with Crippen LogP contribution in [0, 0.1) is 6.57 Å². The van der Waals surface area contributed by atoms with Crippen molar-refractivity contribution < 1.29 is 4.79 Å². The fourth-order valence-corrected chi connectivity index (χ4v) is 5.38. The van der Waals surface area contributed by atoms with Crippen LogP contribution in [0.25, 0.3) is 4.85 Å².